The number of para-hydroxylation sites is 2. The number of ether oxygens (including phenoxy) is 1. The number of nitrogens with zero attached hydrogens (tertiary/aromatic N) is 2. The summed E-state index contributed by atoms with van der Waals surface area (Å²) in [5.74, 6) is -0.0138. The van der Waals surface area contributed by atoms with Crippen LogP contribution in [0.1, 0.15) is 30.8 Å². The molecule has 0 radical (unpaired) electrons. The van der Waals surface area contributed by atoms with Crippen molar-refractivity contribution in [2.45, 2.75) is 26.4 Å². The Balaban J connectivity index is 1.50. The lowest BCUT2D eigenvalue weighted by Gasteiger charge is -2.34. The lowest BCUT2D eigenvalue weighted by molar-refractivity contribution is -0.135. The van der Waals surface area contributed by atoms with E-state index in [4.69, 9.17) is 9.15 Å². The molecular formula is C21H25N3O5. The van der Waals surface area contributed by atoms with Crippen molar-refractivity contribution in [3.05, 3.63) is 48.4 Å². The van der Waals surface area contributed by atoms with Gasteiger partial charge in [-0.2, -0.15) is 0 Å². The summed E-state index contributed by atoms with van der Waals surface area (Å²) in [7, 11) is 0. The van der Waals surface area contributed by atoms with Crippen LogP contribution in [0, 0.1) is 0 Å². The van der Waals surface area contributed by atoms with Gasteiger partial charge in [0.2, 0.25) is 11.8 Å². The Labute approximate surface area is 169 Å². The number of furan rings is 1. The van der Waals surface area contributed by atoms with Gasteiger partial charge >= 0.3 is 0 Å². The molecule has 8 nitrogen and oxygen atoms in total. The van der Waals surface area contributed by atoms with E-state index in [0.29, 0.717) is 37.6 Å². The normalized spacial score (nSPS) is 14.0. The Hall–Kier alpha value is -3.29. The number of hydrogen-bond acceptors (Lipinski definition) is 5. The van der Waals surface area contributed by atoms with Crippen molar-refractivity contribution in [2.24, 2.45) is 0 Å². The van der Waals surface area contributed by atoms with Gasteiger partial charge in [0, 0.05) is 26.2 Å². The van der Waals surface area contributed by atoms with E-state index >= 15 is 0 Å². The molecule has 1 aromatic carbocycles. The molecule has 154 valence electrons. The van der Waals surface area contributed by atoms with Crippen molar-refractivity contribution in [3.8, 4) is 5.75 Å². The van der Waals surface area contributed by atoms with Crippen molar-refractivity contribution >= 4 is 23.4 Å². The highest BCUT2D eigenvalue weighted by molar-refractivity contribution is 6.04. The topological polar surface area (TPSA) is 92.1 Å². The summed E-state index contributed by atoms with van der Waals surface area (Å²) in [5, 5.41) is 2.74. The Bertz CT molecular complexity index is 855. The van der Waals surface area contributed by atoms with E-state index in [9.17, 15) is 14.4 Å². The van der Waals surface area contributed by atoms with Gasteiger partial charge in [0.1, 0.15) is 12.2 Å². The van der Waals surface area contributed by atoms with Gasteiger partial charge in [-0.1, -0.05) is 12.1 Å². The van der Waals surface area contributed by atoms with E-state index in [0.717, 1.165) is 0 Å². The molecule has 1 aromatic heterocycles. The number of piperazine rings is 1. The Morgan fingerprint density at radius 3 is 2.38 bits per heavy atom. The maximum Gasteiger partial charge on any atom is 0.289 e. The quantitative estimate of drug-likeness (QED) is 0.753. The standard InChI is InChI=1S/C21H25N3O5/c1-15(2)29-17-7-4-3-6-16(17)22-19(25)14-20(26)23-9-11-24(12-10-23)21(27)18-8-5-13-28-18/h3-8,13,15H,9-12,14H2,1-2H3,(H,22,25). The summed E-state index contributed by atoms with van der Waals surface area (Å²) < 4.78 is 10.8. The van der Waals surface area contributed by atoms with Crippen LogP contribution in [0.4, 0.5) is 5.69 Å². The highest BCUT2D eigenvalue weighted by Crippen LogP contribution is 2.25. The lowest BCUT2D eigenvalue weighted by atomic mass is 10.2. The zero-order chi connectivity index (χ0) is 20.8. The van der Waals surface area contributed by atoms with Gasteiger partial charge < -0.3 is 24.3 Å². The Morgan fingerprint density at radius 2 is 1.72 bits per heavy atom. The van der Waals surface area contributed by atoms with Crippen molar-refractivity contribution in [3.63, 3.8) is 0 Å². The molecule has 0 aliphatic carbocycles. The fourth-order valence-corrected chi connectivity index (χ4v) is 3.09. The maximum absolute atomic E-state index is 12.5. The van der Waals surface area contributed by atoms with Crippen LogP contribution >= 0.6 is 0 Å². The third-order valence-electron chi connectivity index (χ3n) is 4.49. The minimum Gasteiger partial charge on any atom is -0.489 e. The summed E-state index contributed by atoms with van der Waals surface area (Å²) in [4.78, 5) is 40.3. The third kappa shape index (κ3) is 5.37. The molecule has 2 aromatic rings. The van der Waals surface area contributed by atoms with Crippen LogP contribution in [0.3, 0.4) is 0 Å². The number of carbonyl (C=O) groups is 3. The molecule has 1 aliphatic rings. The summed E-state index contributed by atoms with van der Waals surface area (Å²) in [6.07, 6.45) is 1.16. The van der Waals surface area contributed by atoms with Gasteiger partial charge in [-0.05, 0) is 38.1 Å². The second-order valence-electron chi connectivity index (χ2n) is 7.04. The number of hydrogen-bond donors (Lipinski definition) is 1. The Kier molecular flexibility index (Phi) is 6.54. The lowest BCUT2D eigenvalue weighted by Crippen LogP contribution is -2.51. The smallest absolute Gasteiger partial charge is 0.289 e. The average Bonchev–Trinajstić information content (AvgIpc) is 3.23. The molecule has 29 heavy (non-hydrogen) atoms. The highest BCUT2D eigenvalue weighted by atomic mass is 16.5. The fourth-order valence-electron chi connectivity index (χ4n) is 3.09. The van der Waals surface area contributed by atoms with E-state index in [-0.39, 0.29) is 30.1 Å². The van der Waals surface area contributed by atoms with Gasteiger partial charge in [0.25, 0.3) is 5.91 Å². The van der Waals surface area contributed by atoms with Crippen LogP contribution in [-0.4, -0.2) is 59.8 Å². The molecule has 0 spiro atoms. The maximum atomic E-state index is 12.5. The van der Waals surface area contributed by atoms with Crippen LogP contribution in [0.5, 0.6) is 5.75 Å². The van der Waals surface area contributed by atoms with Crippen LogP contribution in [-0.2, 0) is 9.59 Å². The minimum absolute atomic E-state index is 0.0325. The molecule has 1 saturated heterocycles. The van der Waals surface area contributed by atoms with Crippen LogP contribution < -0.4 is 10.1 Å². The first kappa shape index (κ1) is 20.4. The molecule has 1 N–H and O–H groups in total. The second-order valence-corrected chi connectivity index (χ2v) is 7.04. The second kappa shape index (κ2) is 9.27. The predicted molar refractivity (Wildman–Crippen MR) is 107 cm³/mol. The average molecular weight is 399 g/mol. The molecule has 0 atom stereocenters. The van der Waals surface area contributed by atoms with E-state index < -0.39 is 5.91 Å². The molecular weight excluding hydrogens is 374 g/mol. The summed E-state index contributed by atoms with van der Waals surface area (Å²) in [6, 6.07) is 10.4. The number of anilines is 1. The number of amides is 3. The molecule has 1 aliphatic heterocycles. The molecule has 8 heteroatoms. The monoisotopic (exact) mass is 399 g/mol. The van der Waals surface area contributed by atoms with Crippen LogP contribution in [0.15, 0.2) is 47.1 Å². The van der Waals surface area contributed by atoms with E-state index in [1.165, 1.54) is 6.26 Å². The number of carbonyl (C=O) groups excluding carboxylic acids is 3. The largest absolute Gasteiger partial charge is 0.489 e. The summed E-state index contributed by atoms with van der Waals surface area (Å²) in [6.45, 7) is 5.37. The summed E-state index contributed by atoms with van der Waals surface area (Å²) >= 11 is 0. The first-order chi connectivity index (χ1) is 13.9. The summed E-state index contributed by atoms with van der Waals surface area (Å²) in [5.41, 5.74) is 0.535. The SMILES string of the molecule is CC(C)Oc1ccccc1NC(=O)CC(=O)N1CCN(C(=O)c2ccco2)CC1. The zero-order valence-electron chi connectivity index (χ0n) is 16.6. The first-order valence-electron chi connectivity index (χ1n) is 9.60. The highest BCUT2D eigenvalue weighted by Gasteiger charge is 2.27. The van der Waals surface area contributed by atoms with Gasteiger partial charge in [-0.25, -0.2) is 0 Å². The zero-order valence-corrected chi connectivity index (χ0v) is 16.6. The van der Waals surface area contributed by atoms with Crippen LogP contribution in [0.2, 0.25) is 0 Å². The molecule has 3 rings (SSSR count). The molecule has 3 amide bonds. The number of benzene rings is 1. The molecule has 0 saturated carbocycles. The first-order valence-corrected chi connectivity index (χ1v) is 9.60. The van der Waals surface area contributed by atoms with Gasteiger partial charge in [-0.15, -0.1) is 0 Å². The van der Waals surface area contributed by atoms with Gasteiger partial charge in [0.15, 0.2) is 5.76 Å². The molecule has 1 fully saturated rings. The molecule has 0 bridgehead atoms. The predicted octanol–water partition coefficient (Wildman–Crippen LogP) is 2.38. The van der Waals surface area contributed by atoms with Crippen molar-refractivity contribution in [1.29, 1.82) is 0 Å². The third-order valence-corrected chi connectivity index (χ3v) is 4.49. The van der Waals surface area contributed by atoms with Crippen molar-refractivity contribution < 1.29 is 23.5 Å². The van der Waals surface area contributed by atoms with E-state index in [1.807, 2.05) is 19.9 Å². The molecule has 2 heterocycles. The number of nitrogens with one attached hydrogen (secondary N) is 1. The van der Waals surface area contributed by atoms with Gasteiger partial charge in [-0.3, -0.25) is 14.4 Å². The Morgan fingerprint density at radius 1 is 1.03 bits per heavy atom. The number of rotatable bonds is 6. The fraction of sp³-hybridized carbons (Fsp3) is 0.381. The molecule has 0 unspecified atom stereocenters. The van der Waals surface area contributed by atoms with Crippen LogP contribution in [0.25, 0.3) is 0 Å². The van der Waals surface area contributed by atoms with E-state index in [2.05, 4.69) is 5.32 Å². The van der Waals surface area contributed by atoms with Crippen molar-refractivity contribution in [2.75, 3.05) is 31.5 Å². The van der Waals surface area contributed by atoms with E-state index in [1.54, 1.807) is 40.1 Å². The van der Waals surface area contributed by atoms with Gasteiger partial charge in [0.05, 0.1) is 18.1 Å². The minimum atomic E-state index is -0.399. The van der Waals surface area contributed by atoms with Crippen molar-refractivity contribution in [1.82, 2.24) is 9.80 Å².